The lowest BCUT2D eigenvalue weighted by Crippen LogP contribution is -2.12. The van der Waals surface area contributed by atoms with Gasteiger partial charge >= 0.3 is 7.60 Å². The lowest BCUT2D eigenvalue weighted by molar-refractivity contribution is -0.384. The molecule has 0 fully saturated rings. The fourth-order valence-electron chi connectivity index (χ4n) is 2.63. The molecule has 0 aliphatic heterocycles. The Morgan fingerprint density at radius 3 is 2.58 bits per heavy atom. The first kappa shape index (κ1) is 18.2. The summed E-state index contributed by atoms with van der Waals surface area (Å²) in [5, 5.41) is 18.7. The van der Waals surface area contributed by atoms with Crippen LogP contribution in [0.25, 0.3) is 16.7 Å². The summed E-state index contributed by atoms with van der Waals surface area (Å²) in [6.45, 7) is 3.74. The highest BCUT2D eigenvalue weighted by molar-refractivity contribution is 7.53. The van der Waals surface area contributed by atoms with Gasteiger partial charge in [0, 0.05) is 12.1 Å². The highest BCUT2D eigenvalue weighted by atomic mass is 31.2. The van der Waals surface area contributed by atoms with E-state index in [-0.39, 0.29) is 42.1 Å². The van der Waals surface area contributed by atoms with E-state index in [0.717, 1.165) is 0 Å². The quantitative estimate of drug-likeness (QED) is 0.373. The number of nitrogens with zero attached hydrogens (tertiary/aromatic N) is 4. The summed E-state index contributed by atoms with van der Waals surface area (Å²) in [4.78, 5) is 25.2. The molecule has 0 saturated carbocycles. The number of nitro benzene ring substituents is 1. The van der Waals surface area contributed by atoms with Gasteiger partial charge in [-0.25, -0.2) is 0 Å². The molecule has 2 aromatic heterocycles. The Hall–Kier alpha value is -2.62. The maximum atomic E-state index is 12.8. The van der Waals surface area contributed by atoms with Crippen molar-refractivity contribution in [3.8, 4) is 0 Å². The smallest absolute Gasteiger partial charge is 0.317 e. The fourth-order valence-corrected chi connectivity index (χ4v) is 4.22. The summed E-state index contributed by atoms with van der Waals surface area (Å²) >= 11 is 0. The number of hydrogen-bond acceptors (Lipinski definition) is 8. The SMILES string of the molecule is CCOP(=O)(Cc1nnc2c(=O)[nH]c3cc([N+](=O)[O-])ccc3n12)OCC. The van der Waals surface area contributed by atoms with Crippen molar-refractivity contribution in [1.29, 1.82) is 0 Å². The summed E-state index contributed by atoms with van der Waals surface area (Å²) < 4.78 is 24.7. The minimum Gasteiger partial charge on any atom is -0.317 e. The van der Waals surface area contributed by atoms with Crippen molar-refractivity contribution in [3.63, 3.8) is 0 Å². The van der Waals surface area contributed by atoms with Crippen LogP contribution in [0.3, 0.4) is 0 Å². The Morgan fingerprint density at radius 2 is 1.96 bits per heavy atom. The molecule has 138 valence electrons. The standard InChI is InChI=1S/C14H16N5O6P/c1-3-24-26(23,25-4-2)8-12-16-17-13-14(20)15-10-7-9(19(21)22)5-6-11(10)18(12)13/h5-7H,3-4,8H2,1-2H3,(H,15,20). The van der Waals surface area contributed by atoms with E-state index >= 15 is 0 Å². The zero-order chi connectivity index (χ0) is 18.9. The third-order valence-corrected chi connectivity index (χ3v) is 5.57. The highest BCUT2D eigenvalue weighted by Crippen LogP contribution is 2.51. The van der Waals surface area contributed by atoms with E-state index in [2.05, 4.69) is 15.2 Å². The molecule has 0 spiro atoms. The third kappa shape index (κ3) is 3.24. The predicted molar refractivity (Wildman–Crippen MR) is 92.3 cm³/mol. The minimum absolute atomic E-state index is 0.0131. The molecule has 12 heteroatoms. The van der Waals surface area contributed by atoms with Gasteiger partial charge in [-0.05, 0) is 19.9 Å². The van der Waals surface area contributed by atoms with Gasteiger partial charge in [-0.3, -0.25) is 23.9 Å². The average molecular weight is 381 g/mol. The Bertz CT molecular complexity index is 1080. The summed E-state index contributed by atoms with van der Waals surface area (Å²) in [5.41, 5.74) is -0.0816. The van der Waals surface area contributed by atoms with E-state index in [9.17, 15) is 19.5 Å². The second-order valence-corrected chi connectivity index (χ2v) is 7.35. The molecule has 1 aromatic carbocycles. The normalized spacial score (nSPS) is 12.1. The van der Waals surface area contributed by atoms with Gasteiger partial charge in [0.15, 0.2) is 0 Å². The van der Waals surface area contributed by atoms with E-state index in [0.29, 0.717) is 5.52 Å². The van der Waals surface area contributed by atoms with Crippen LogP contribution in [-0.2, 0) is 19.8 Å². The van der Waals surface area contributed by atoms with Crippen LogP contribution in [0, 0.1) is 10.1 Å². The molecule has 3 aromatic rings. The average Bonchev–Trinajstić information content (AvgIpc) is 2.99. The lowest BCUT2D eigenvalue weighted by atomic mass is 10.2. The van der Waals surface area contributed by atoms with Gasteiger partial charge in [-0.2, -0.15) is 0 Å². The van der Waals surface area contributed by atoms with Crippen LogP contribution in [0.2, 0.25) is 0 Å². The van der Waals surface area contributed by atoms with Gasteiger partial charge in [-0.15, -0.1) is 10.2 Å². The van der Waals surface area contributed by atoms with Crippen LogP contribution in [0.15, 0.2) is 23.0 Å². The summed E-state index contributed by atoms with van der Waals surface area (Å²) in [6, 6.07) is 4.01. The number of benzene rings is 1. The molecule has 0 saturated heterocycles. The monoisotopic (exact) mass is 381 g/mol. The van der Waals surface area contributed by atoms with Crippen LogP contribution in [0.4, 0.5) is 5.69 Å². The second-order valence-electron chi connectivity index (χ2n) is 5.29. The Labute approximate surface area is 146 Å². The number of non-ortho nitro benzene ring substituents is 1. The van der Waals surface area contributed by atoms with E-state index in [1.54, 1.807) is 13.8 Å². The molecule has 0 unspecified atom stereocenters. The molecular formula is C14H16N5O6P. The van der Waals surface area contributed by atoms with Crippen LogP contribution in [-0.4, -0.2) is 37.7 Å². The largest absolute Gasteiger partial charge is 0.338 e. The molecule has 0 aliphatic rings. The zero-order valence-electron chi connectivity index (χ0n) is 14.0. The number of H-pyrrole nitrogens is 1. The lowest BCUT2D eigenvalue weighted by Gasteiger charge is -2.16. The van der Waals surface area contributed by atoms with Gasteiger partial charge < -0.3 is 14.0 Å². The molecule has 1 N–H and O–H groups in total. The van der Waals surface area contributed by atoms with Gasteiger partial charge in [0.2, 0.25) is 5.65 Å². The van der Waals surface area contributed by atoms with Crippen LogP contribution >= 0.6 is 7.60 Å². The topological polar surface area (TPSA) is 142 Å². The number of nitro groups is 1. The third-order valence-electron chi connectivity index (χ3n) is 3.60. The van der Waals surface area contributed by atoms with E-state index < -0.39 is 18.1 Å². The molecule has 0 aliphatic carbocycles. The molecule has 11 nitrogen and oxygen atoms in total. The predicted octanol–water partition coefficient (Wildman–Crippen LogP) is 2.25. The highest BCUT2D eigenvalue weighted by Gasteiger charge is 2.28. The van der Waals surface area contributed by atoms with Gasteiger partial charge in [-0.1, -0.05) is 0 Å². The van der Waals surface area contributed by atoms with Crippen LogP contribution in [0.1, 0.15) is 19.7 Å². The molecule has 0 atom stereocenters. The number of aromatic nitrogens is 4. The summed E-state index contributed by atoms with van der Waals surface area (Å²) in [7, 11) is -3.47. The van der Waals surface area contributed by atoms with E-state index in [4.69, 9.17) is 9.05 Å². The molecule has 0 radical (unpaired) electrons. The number of hydrogen-bond donors (Lipinski definition) is 1. The number of rotatable bonds is 7. The minimum atomic E-state index is -3.47. The van der Waals surface area contributed by atoms with Crippen LogP contribution in [0.5, 0.6) is 0 Å². The first-order chi connectivity index (χ1) is 12.4. The number of fused-ring (bicyclic) bond motifs is 3. The molecule has 26 heavy (non-hydrogen) atoms. The van der Waals surface area contributed by atoms with Gasteiger partial charge in [0.05, 0.1) is 29.2 Å². The Kier molecular flexibility index (Phi) is 4.86. The van der Waals surface area contributed by atoms with E-state index in [1.807, 2.05) is 0 Å². The maximum absolute atomic E-state index is 12.8. The van der Waals surface area contributed by atoms with Gasteiger partial charge in [0.25, 0.3) is 11.2 Å². The first-order valence-corrected chi connectivity index (χ1v) is 9.54. The second kappa shape index (κ2) is 6.94. The van der Waals surface area contributed by atoms with E-state index in [1.165, 1.54) is 22.6 Å². The van der Waals surface area contributed by atoms with Gasteiger partial charge in [0.1, 0.15) is 12.0 Å². The first-order valence-electron chi connectivity index (χ1n) is 7.81. The van der Waals surface area contributed by atoms with Crippen molar-refractivity contribution >= 4 is 30.0 Å². The molecule has 0 amide bonds. The Balaban J connectivity index is 2.21. The fraction of sp³-hybridized carbons (Fsp3) is 0.357. The van der Waals surface area contributed by atoms with Crippen molar-refractivity contribution < 1.29 is 18.5 Å². The summed E-state index contributed by atoms with van der Waals surface area (Å²) in [5.74, 6) is 0.204. The van der Waals surface area contributed by atoms with Crippen LogP contribution < -0.4 is 5.56 Å². The van der Waals surface area contributed by atoms with Crippen molar-refractivity contribution in [2.24, 2.45) is 0 Å². The van der Waals surface area contributed by atoms with Crippen molar-refractivity contribution in [1.82, 2.24) is 19.6 Å². The molecule has 3 rings (SSSR count). The zero-order valence-corrected chi connectivity index (χ0v) is 14.9. The molecule has 0 bridgehead atoms. The maximum Gasteiger partial charge on any atom is 0.338 e. The molecular weight excluding hydrogens is 365 g/mol. The summed E-state index contributed by atoms with van der Waals surface area (Å²) in [6.07, 6.45) is -0.189. The number of nitrogens with one attached hydrogen (secondary N) is 1. The number of aromatic amines is 1. The van der Waals surface area contributed by atoms with Crippen molar-refractivity contribution in [2.75, 3.05) is 13.2 Å². The van der Waals surface area contributed by atoms with Crippen molar-refractivity contribution in [3.05, 3.63) is 44.5 Å². The Morgan fingerprint density at radius 1 is 1.27 bits per heavy atom. The molecule has 2 heterocycles. The van der Waals surface area contributed by atoms with Crippen molar-refractivity contribution in [2.45, 2.75) is 20.0 Å².